The highest BCUT2D eigenvalue weighted by Crippen LogP contribution is 2.28. The summed E-state index contributed by atoms with van der Waals surface area (Å²) in [4.78, 5) is 19.3. The van der Waals surface area contributed by atoms with Gasteiger partial charge in [0, 0.05) is 28.8 Å². The molecule has 8 nitrogen and oxygen atoms in total. The van der Waals surface area contributed by atoms with Gasteiger partial charge in [-0.2, -0.15) is 0 Å². The van der Waals surface area contributed by atoms with E-state index in [4.69, 9.17) is 21.9 Å². The zero-order chi connectivity index (χ0) is 30.8. The molecule has 1 fully saturated rings. The number of halogens is 1. The van der Waals surface area contributed by atoms with E-state index < -0.39 is 5.82 Å². The molecular formula is C33H39FN6O2S. The number of esters is 1. The number of carbonyl (C=O) groups is 1. The van der Waals surface area contributed by atoms with Gasteiger partial charge in [-0.3, -0.25) is 0 Å². The van der Waals surface area contributed by atoms with Crippen LogP contribution in [0.15, 0.2) is 83.7 Å². The molecule has 0 atom stereocenters. The summed E-state index contributed by atoms with van der Waals surface area (Å²) in [6.07, 6.45) is 8.95. The number of hydrogen-bond acceptors (Lipinski definition) is 9. The van der Waals surface area contributed by atoms with Crippen molar-refractivity contribution in [2.45, 2.75) is 25.5 Å². The molecule has 2 aromatic carbocycles. The number of anilines is 2. The number of allylic oxidation sites excluding steroid dienone is 2. The van der Waals surface area contributed by atoms with Crippen molar-refractivity contribution in [1.29, 1.82) is 0 Å². The molecule has 0 aliphatic carbocycles. The summed E-state index contributed by atoms with van der Waals surface area (Å²) in [6.45, 7) is 4.35. The molecule has 0 bridgehead atoms. The molecule has 4 rings (SSSR count). The quantitative estimate of drug-likeness (QED) is 0.159. The summed E-state index contributed by atoms with van der Waals surface area (Å²) in [5.41, 5.74) is 22.7. The number of thioether (sulfide) groups is 1. The average Bonchev–Trinajstić information content (AvgIpc) is 3.01. The minimum Gasteiger partial charge on any atom is -0.462 e. The average molecular weight is 603 g/mol. The minimum absolute atomic E-state index is 0.202. The standard InChI is InChI=1S/C33H39FN6O2S/c1-3-7-26-29(12-15-38-31(26)36)39-30(19-28(35)25-10-4-5-11-27(25)34)32(37)43-21-23-8-6-9-24(18-23)33(41)42-20-22-13-16-40(2)17-14-22/h3-12,15,18-19,22H,13-14,16-17,20-21,35,37H2,1-2H3,(H3,36,38,39)/b7-3-,28-19-,32-30-. The van der Waals surface area contributed by atoms with Crippen LogP contribution in [0.4, 0.5) is 15.9 Å². The first-order valence-corrected chi connectivity index (χ1v) is 15.2. The molecule has 1 aromatic heterocycles. The highest BCUT2D eigenvalue weighted by atomic mass is 32.2. The smallest absolute Gasteiger partial charge is 0.338 e. The molecule has 0 unspecified atom stereocenters. The zero-order valence-corrected chi connectivity index (χ0v) is 25.4. The van der Waals surface area contributed by atoms with Crippen molar-refractivity contribution in [2.75, 3.05) is 37.8 Å². The third-order valence-corrected chi connectivity index (χ3v) is 8.23. The van der Waals surface area contributed by atoms with Crippen LogP contribution in [0, 0.1) is 11.7 Å². The van der Waals surface area contributed by atoms with Crippen LogP contribution in [-0.2, 0) is 10.5 Å². The number of nitrogens with zero attached hydrogens (tertiary/aromatic N) is 2. The minimum atomic E-state index is -0.441. The Kier molecular flexibility index (Phi) is 11.2. The topological polar surface area (TPSA) is 133 Å². The molecule has 43 heavy (non-hydrogen) atoms. The van der Waals surface area contributed by atoms with Crippen LogP contribution >= 0.6 is 11.8 Å². The fraction of sp³-hybridized carbons (Fsp3) is 0.273. The number of aromatic nitrogens is 1. The van der Waals surface area contributed by atoms with Crippen molar-refractivity contribution >= 4 is 41.0 Å². The summed E-state index contributed by atoms with van der Waals surface area (Å²) in [5, 5.41) is 3.73. The van der Waals surface area contributed by atoms with E-state index in [1.807, 2.05) is 37.3 Å². The van der Waals surface area contributed by atoms with E-state index in [-0.39, 0.29) is 17.2 Å². The molecule has 0 amide bonds. The Morgan fingerprint density at radius 3 is 2.67 bits per heavy atom. The number of nitrogens with two attached hydrogens (primary N) is 3. The van der Waals surface area contributed by atoms with E-state index in [0.29, 0.717) is 51.6 Å². The Morgan fingerprint density at radius 1 is 1.16 bits per heavy atom. The van der Waals surface area contributed by atoms with Crippen LogP contribution in [-0.4, -0.2) is 42.6 Å². The van der Waals surface area contributed by atoms with Crippen LogP contribution < -0.4 is 22.5 Å². The third kappa shape index (κ3) is 8.86. The van der Waals surface area contributed by atoms with Gasteiger partial charge in [-0.1, -0.05) is 36.4 Å². The van der Waals surface area contributed by atoms with Gasteiger partial charge in [-0.25, -0.2) is 14.2 Å². The lowest BCUT2D eigenvalue weighted by Crippen LogP contribution is -2.32. The van der Waals surface area contributed by atoms with Crippen molar-refractivity contribution < 1.29 is 13.9 Å². The Bertz CT molecular complexity index is 1510. The Labute approximate surface area is 256 Å². The number of piperidine rings is 1. The summed E-state index contributed by atoms with van der Waals surface area (Å²) < 4.78 is 20.2. The molecule has 2 heterocycles. The Balaban J connectivity index is 1.54. The van der Waals surface area contributed by atoms with Crippen molar-refractivity contribution in [3.8, 4) is 0 Å². The van der Waals surface area contributed by atoms with E-state index in [9.17, 15) is 9.18 Å². The van der Waals surface area contributed by atoms with Crippen LogP contribution in [0.25, 0.3) is 11.8 Å². The van der Waals surface area contributed by atoms with Crippen LogP contribution in [0.3, 0.4) is 0 Å². The lowest BCUT2D eigenvalue weighted by molar-refractivity contribution is 0.0384. The molecule has 0 saturated carbocycles. The Hall–Kier alpha value is -4.28. The molecule has 226 valence electrons. The second kappa shape index (κ2) is 15.3. The summed E-state index contributed by atoms with van der Waals surface area (Å²) in [6, 6.07) is 15.4. The molecular weight excluding hydrogens is 563 g/mol. The fourth-order valence-corrected chi connectivity index (χ4v) is 5.48. The lowest BCUT2D eigenvalue weighted by atomic mass is 9.98. The molecule has 7 N–H and O–H groups in total. The maximum Gasteiger partial charge on any atom is 0.338 e. The molecule has 0 spiro atoms. The van der Waals surface area contributed by atoms with Gasteiger partial charge in [-0.05, 0) is 87.8 Å². The van der Waals surface area contributed by atoms with E-state index in [1.54, 1.807) is 42.6 Å². The van der Waals surface area contributed by atoms with Crippen molar-refractivity contribution in [3.63, 3.8) is 0 Å². The lowest BCUT2D eigenvalue weighted by Gasteiger charge is -2.28. The van der Waals surface area contributed by atoms with Gasteiger partial charge < -0.3 is 32.2 Å². The van der Waals surface area contributed by atoms with Gasteiger partial charge in [0.25, 0.3) is 0 Å². The van der Waals surface area contributed by atoms with Gasteiger partial charge in [0.1, 0.15) is 11.6 Å². The predicted molar refractivity (Wildman–Crippen MR) is 175 cm³/mol. The first kappa shape index (κ1) is 31.7. The number of rotatable bonds is 11. The van der Waals surface area contributed by atoms with Crippen molar-refractivity contribution in [3.05, 3.63) is 112 Å². The van der Waals surface area contributed by atoms with Gasteiger partial charge in [0.15, 0.2) is 0 Å². The summed E-state index contributed by atoms with van der Waals surface area (Å²) >= 11 is 1.36. The number of carbonyl (C=O) groups excluding carboxylic acids is 1. The van der Waals surface area contributed by atoms with Crippen molar-refractivity contribution in [1.82, 2.24) is 9.88 Å². The molecule has 1 aliphatic rings. The number of pyridine rings is 1. The summed E-state index contributed by atoms with van der Waals surface area (Å²) in [7, 11) is 2.11. The van der Waals surface area contributed by atoms with E-state index in [1.165, 1.54) is 17.8 Å². The normalized spacial score (nSPS) is 15.4. The number of nitrogen functional groups attached to an aromatic ring is 1. The predicted octanol–water partition coefficient (Wildman–Crippen LogP) is 5.81. The maximum atomic E-state index is 14.5. The largest absolute Gasteiger partial charge is 0.462 e. The van der Waals surface area contributed by atoms with Crippen LogP contribution in [0.2, 0.25) is 0 Å². The molecule has 1 saturated heterocycles. The number of likely N-dealkylation sites (tertiary alicyclic amines) is 1. The highest BCUT2D eigenvalue weighted by molar-refractivity contribution is 8.02. The second-order valence-electron chi connectivity index (χ2n) is 10.5. The SMILES string of the molecule is C/C=C\c1c(NC(/C=C(\N)c2ccccc2F)=C(/N)SCc2cccc(C(=O)OCC3CCN(C)CC3)c2)ccnc1N. The van der Waals surface area contributed by atoms with Gasteiger partial charge >= 0.3 is 5.97 Å². The van der Waals surface area contributed by atoms with Crippen LogP contribution in [0.1, 0.15) is 46.8 Å². The van der Waals surface area contributed by atoms with Gasteiger partial charge in [0.05, 0.1) is 28.6 Å². The first-order chi connectivity index (χ1) is 20.7. The molecule has 10 heteroatoms. The number of hydrogen-bond donors (Lipinski definition) is 4. The van der Waals surface area contributed by atoms with Crippen LogP contribution in [0.5, 0.6) is 0 Å². The first-order valence-electron chi connectivity index (χ1n) is 14.2. The number of nitrogens with one attached hydrogen (secondary N) is 1. The van der Waals surface area contributed by atoms with Gasteiger partial charge in [0.2, 0.25) is 0 Å². The molecule has 0 radical (unpaired) electrons. The second-order valence-corrected chi connectivity index (χ2v) is 11.5. The third-order valence-electron chi connectivity index (χ3n) is 7.22. The van der Waals surface area contributed by atoms with Crippen molar-refractivity contribution in [2.24, 2.45) is 17.4 Å². The van der Waals surface area contributed by atoms with E-state index >= 15 is 0 Å². The molecule has 1 aliphatic heterocycles. The Morgan fingerprint density at radius 2 is 1.93 bits per heavy atom. The monoisotopic (exact) mass is 602 g/mol. The van der Waals surface area contributed by atoms with E-state index in [2.05, 4.69) is 22.2 Å². The zero-order valence-electron chi connectivity index (χ0n) is 24.6. The van der Waals surface area contributed by atoms with E-state index in [0.717, 1.165) is 31.5 Å². The number of benzene rings is 2. The molecule has 3 aromatic rings. The fourth-order valence-electron chi connectivity index (χ4n) is 4.72. The summed E-state index contributed by atoms with van der Waals surface area (Å²) in [5.74, 6) is 0.442. The highest BCUT2D eigenvalue weighted by Gasteiger charge is 2.19. The van der Waals surface area contributed by atoms with Gasteiger partial charge in [-0.15, -0.1) is 11.8 Å². The maximum absolute atomic E-state index is 14.5. The number of ether oxygens (including phenoxy) is 1.